The van der Waals surface area contributed by atoms with Gasteiger partial charge < -0.3 is 10.1 Å². The first-order valence-corrected chi connectivity index (χ1v) is 8.71. The van der Waals surface area contributed by atoms with E-state index in [0.717, 1.165) is 23.4 Å². The number of Topliss-reactive ketones (excluding diaryl/α,β-unsaturated/α-hetero) is 1. The van der Waals surface area contributed by atoms with Crippen molar-refractivity contribution in [2.24, 2.45) is 0 Å². The van der Waals surface area contributed by atoms with Crippen LogP contribution in [0.3, 0.4) is 0 Å². The molecule has 0 spiro atoms. The van der Waals surface area contributed by atoms with Gasteiger partial charge in [-0.15, -0.1) is 0 Å². The number of rotatable bonds is 3. The SMILES string of the molecule is CCOc1ccc(C2C3=C(CCCC3=O)Nc3[nH]c(=O)[nH]c(=O)c32)cc1. The van der Waals surface area contributed by atoms with Crippen molar-refractivity contribution >= 4 is 11.6 Å². The van der Waals surface area contributed by atoms with Crippen LogP contribution in [0.4, 0.5) is 5.82 Å². The molecule has 0 amide bonds. The number of benzene rings is 1. The lowest BCUT2D eigenvalue weighted by Crippen LogP contribution is -2.36. The normalized spacial score (nSPS) is 18.8. The summed E-state index contributed by atoms with van der Waals surface area (Å²) >= 11 is 0. The van der Waals surface area contributed by atoms with E-state index in [1.807, 2.05) is 31.2 Å². The van der Waals surface area contributed by atoms with E-state index in [0.29, 0.717) is 36.4 Å². The standard InChI is InChI=1S/C19H19N3O4/c1-2-26-11-8-6-10(7-9-11)14-15-12(4-3-5-13(15)23)20-17-16(14)18(24)22-19(25)21-17/h6-9,14H,2-5H2,1H3,(H3,20,21,22,24,25). The lowest BCUT2D eigenvalue weighted by Gasteiger charge is -2.32. The van der Waals surface area contributed by atoms with Gasteiger partial charge in [0, 0.05) is 23.6 Å². The summed E-state index contributed by atoms with van der Waals surface area (Å²) in [5.74, 6) is 0.621. The molecule has 0 radical (unpaired) electrons. The quantitative estimate of drug-likeness (QED) is 0.783. The van der Waals surface area contributed by atoms with E-state index in [4.69, 9.17) is 4.74 Å². The minimum Gasteiger partial charge on any atom is -0.494 e. The fourth-order valence-electron chi connectivity index (χ4n) is 3.75. The van der Waals surface area contributed by atoms with Gasteiger partial charge in [0.15, 0.2) is 5.78 Å². The molecule has 4 rings (SSSR count). The van der Waals surface area contributed by atoms with Crippen molar-refractivity contribution in [3.8, 4) is 5.75 Å². The van der Waals surface area contributed by atoms with E-state index in [9.17, 15) is 14.4 Å². The molecule has 2 heterocycles. The Balaban J connectivity index is 1.92. The van der Waals surface area contributed by atoms with Crippen LogP contribution in [0.5, 0.6) is 5.75 Å². The molecule has 7 heteroatoms. The van der Waals surface area contributed by atoms with Gasteiger partial charge in [-0.3, -0.25) is 19.6 Å². The highest BCUT2D eigenvalue weighted by Crippen LogP contribution is 2.42. The summed E-state index contributed by atoms with van der Waals surface area (Å²) < 4.78 is 5.48. The van der Waals surface area contributed by atoms with Crippen molar-refractivity contribution in [2.75, 3.05) is 11.9 Å². The van der Waals surface area contributed by atoms with Gasteiger partial charge in [-0.2, -0.15) is 0 Å². The number of carbonyl (C=O) groups is 1. The molecule has 7 nitrogen and oxygen atoms in total. The lowest BCUT2D eigenvalue weighted by atomic mass is 9.76. The smallest absolute Gasteiger partial charge is 0.327 e. The van der Waals surface area contributed by atoms with Crippen LogP contribution >= 0.6 is 0 Å². The molecule has 1 aromatic carbocycles. The van der Waals surface area contributed by atoms with Crippen LogP contribution in [0.1, 0.15) is 43.2 Å². The number of allylic oxidation sites excluding steroid dienone is 2. The Labute approximate surface area is 149 Å². The highest BCUT2D eigenvalue weighted by Gasteiger charge is 2.37. The largest absolute Gasteiger partial charge is 0.494 e. The second-order valence-electron chi connectivity index (χ2n) is 6.43. The van der Waals surface area contributed by atoms with Crippen LogP contribution in [0.2, 0.25) is 0 Å². The minimum absolute atomic E-state index is 0.0360. The third kappa shape index (κ3) is 2.65. The zero-order valence-corrected chi connectivity index (χ0v) is 14.3. The fraction of sp³-hybridized carbons (Fsp3) is 0.316. The molecule has 134 valence electrons. The number of nitrogens with one attached hydrogen (secondary N) is 3. The van der Waals surface area contributed by atoms with Gasteiger partial charge in [-0.05, 0) is 37.5 Å². The first kappa shape index (κ1) is 16.4. The highest BCUT2D eigenvalue weighted by molar-refractivity contribution is 6.00. The molecule has 1 aliphatic heterocycles. The molecule has 3 N–H and O–H groups in total. The molecule has 0 fully saturated rings. The monoisotopic (exact) mass is 353 g/mol. The average Bonchev–Trinajstić information content (AvgIpc) is 2.61. The van der Waals surface area contributed by atoms with E-state index in [1.165, 1.54) is 0 Å². The number of anilines is 1. The second-order valence-corrected chi connectivity index (χ2v) is 6.43. The average molecular weight is 353 g/mol. The topological polar surface area (TPSA) is 104 Å². The number of carbonyl (C=O) groups excluding carboxylic acids is 1. The van der Waals surface area contributed by atoms with Crippen LogP contribution in [0.15, 0.2) is 45.1 Å². The van der Waals surface area contributed by atoms with Crippen molar-refractivity contribution in [3.05, 3.63) is 67.5 Å². The van der Waals surface area contributed by atoms with Gasteiger partial charge in [0.05, 0.1) is 12.2 Å². The van der Waals surface area contributed by atoms with E-state index >= 15 is 0 Å². The summed E-state index contributed by atoms with van der Waals surface area (Å²) in [6, 6.07) is 7.38. The Bertz CT molecular complexity index is 1010. The molecule has 0 saturated heterocycles. The van der Waals surface area contributed by atoms with Gasteiger partial charge in [-0.1, -0.05) is 12.1 Å². The molecule has 1 aliphatic carbocycles. The van der Waals surface area contributed by atoms with Crippen molar-refractivity contribution in [1.29, 1.82) is 0 Å². The number of ether oxygens (including phenoxy) is 1. The van der Waals surface area contributed by atoms with Gasteiger partial charge in [-0.25, -0.2) is 4.79 Å². The van der Waals surface area contributed by atoms with Crippen molar-refractivity contribution in [3.63, 3.8) is 0 Å². The first-order valence-electron chi connectivity index (χ1n) is 8.71. The van der Waals surface area contributed by atoms with Crippen LogP contribution in [-0.4, -0.2) is 22.4 Å². The molecule has 0 bridgehead atoms. The minimum atomic E-state index is -0.571. The van der Waals surface area contributed by atoms with E-state index in [2.05, 4.69) is 15.3 Å². The second kappa shape index (κ2) is 6.33. The summed E-state index contributed by atoms with van der Waals surface area (Å²) in [5.41, 5.74) is 1.52. The first-order chi connectivity index (χ1) is 12.6. The van der Waals surface area contributed by atoms with Crippen LogP contribution < -0.4 is 21.3 Å². The van der Waals surface area contributed by atoms with Gasteiger partial charge in [0.2, 0.25) is 0 Å². The summed E-state index contributed by atoms with van der Waals surface area (Å²) in [4.78, 5) is 41.8. The number of hydrogen-bond acceptors (Lipinski definition) is 5. The summed E-state index contributed by atoms with van der Waals surface area (Å²) in [5, 5.41) is 3.10. The van der Waals surface area contributed by atoms with Gasteiger partial charge >= 0.3 is 5.69 Å². The van der Waals surface area contributed by atoms with E-state index in [1.54, 1.807) is 0 Å². The van der Waals surface area contributed by atoms with E-state index < -0.39 is 17.2 Å². The Hall–Kier alpha value is -3.09. The molecular weight excluding hydrogens is 334 g/mol. The Morgan fingerprint density at radius 1 is 1.08 bits per heavy atom. The van der Waals surface area contributed by atoms with Crippen LogP contribution in [0.25, 0.3) is 0 Å². The Morgan fingerprint density at radius 2 is 1.85 bits per heavy atom. The Morgan fingerprint density at radius 3 is 2.58 bits per heavy atom. The van der Waals surface area contributed by atoms with Crippen LogP contribution in [-0.2, 0) is 4.79 Å². The zero-order chi connectivity index (χ0) is 18.3. The van der Waals surface area contributed by atoms with Crippen molar-refractivity contribution < 1.29 is 9.53 Å². The molecule has 2 aromatic rings. The van der Waals surface area contributed by atoms with Crippen molar-refractivity contribution in [2.45, 2.75) is 32.1 Å². The van der Waals surface area contributed by atoms with Crippen molar-refractivity contribution in [1.82, 2.24) is 9.97 Å². The number of hydrogen-bond donors (Lipinski definition) is 3. The summed E-state index contributed by atoms with van der Waals surface area (Å²) in [6.07, 6.45) is 1.93. The highest BCUT2D eigenvalue weighted by atomic mass is 16.5. The predicted molar refractivity (Wildman–Crippen MR) is 96.6 cm³/mol. The molecule has 26 heavy (non-hydrogen) atoms. The lowest BCUT2D eigenvalue weighted by molar-refractivity contribution is -0.116. The predicted octanol–water partition coefficient (Wildman–Crippen LogP) is 2.03. The van der Waals surface area contributed by atoms with Gasteiger partial charge in [0.1, 0.15) is 11.6 Å². The number of aromatic nitrogens is 2. The van der Waals surface area contributed by atoms with Crippen LogP contribution in [0, 0.1) is 0 Å². The third-order valence-corrected chi connectivity index (χ3v) is 4.81. The maximum atomic E-state index is 12.7. The number of fused-ring (bicyclic) bond motifs is 1. The zero-order valence-electron chi connectivity index (χ0n) is 14.3. The number of ketones is 1. The van der Waals surface area contributed by atoms with E-state index in [-0.39, 0.29) is 5.78 Å². The third-order valence-electron chi connectivity index (χ3n) is 4.81. The summed E-state index contributed by atoms with van der Waals surface area (Å²) in [6.45, 7) is 2.47. The molecule has 1 atom stereocenters. The molecule has 2 aliphatic rings. The maximum absolute atomic E-state index is 12.7. The molecule has 1 aromatic heterocycles. The molecule has 1 unspecified atom stereocenters. The number of H-pyrrole nitrogens is 2. The molecular formula is C19H19N3O4. The Kier molecular flexibility index (Phi) is 3.99. The fourth-order valence-corrected chi connectivity index (χ4v) is 3.75. The summed E-state index contributed by atoms with van der Waals surface area (Å²) in [7, 11) is 0. The van der Waals surface area contributed by atoms with Gasteiger partial charge in [0.25, 0.3) is 5.56 Å². The number of aromatic amines is 2. The molecule has 0 saturated carbocycles. The maximum Gasteiger partial charge on any atom is 0.327 e.